The van der Waals surface area contributed by atoms with Crippen molar-refractivity contribution in [3.63, 3.8) is 0 Å². The molecule has 0 saturated heterocycles. The van der Waals surface area contributed by atoms with Crippen molar-refractivity contribution in [3.8, 4) is 0 Å². The Morgan fingerprint density at radius 3 is 2.08 bits per heavy atom. The molecule has 0 heterocycles. The van der Waals surface area contributed by atoms with E-state index in [1.807, 2.05) is 13.8 Å². The van der Waals surface area contributed by atoms with Crippen LogP contribution in [0, 0.1) is 19.9 Å². The van der Waals surface area contributed by atoms with Crippen LogP contribution in [0.1, 0.15) is 20.3 Å². The van der Waals surface area contributed by atoms with Crippen molar-refractivity contribution in [2.45, 2.75) is 20.3 Å². The van der Waals surface area contributed by atoms with Gasteiger partial charge in [-0.1, -0.05) is 13.8 Å². The van der Waals surface area contributed by atoms with E-state index in [-0.39, 0.29) is 26.8 Å². The largest absolute Gasteiger partial charge is 2.00 e. The third-order valence-corrected chi connectivity index (χ3v) is 1.23. The third kappa shape index (κ3) is 24.5. The van der Waals surface area contributed by atoms with Crippen LogP contribution in [-0.4, -0.2) is 18.9 Å². The molecule has 3 N–H and O–H groups in total. The fourth-order valence-corrected chi connectivity index (χ4v) is 0.472. The maximum atomic E-state index is 10.2. The summed E-state index contributed by atoms with van der Waals surface area (Å²) < 4.78 is 0. The topological polar surface area (TPSA) is 55.1 Å². The van der Waals surface area contributed by atoms with Gasteiger partial charge in [0.1, 0.15) is 0 Å². The average Bonchev–Trinajstić information content (AvgIpc) is 2.04. The molecule has 0 fully saturated rings. The van der Waals surface area contributed by atoms with Crippen molar-refractivity contribution >= 4 is 5.78 Å². The molecular weight excluding hydrogens is 336 g/mol. The van der Waals surface area contributed by atoms with Gasteiger partial charge in [0.25, 0.3) is 0 Å². The van der Waals surface area contributed by atoms with Crippen molar-refractivity contribution in [3.05, 3.63) is 14.0 Å². The molecule has 0 amide bonds. The molecule has 1 atom stereocenters. The van der Waals surface area contributed by atoms with Crippen LogP contribution in [0.25, 0.3) is 0 Å². The van der Waals surface area contributed by atoms with Crippen LogP contribution >= 0.6 is 0 Å². The van der Waals surface area contributed by atoms with Gasteiger partial charge in [-0.15, -0.1) is 0 Å². The second-order valence-corrected chi connectivity index (χ2v) is 2.69. The summed E-state index contributed by atoms with van der Waals surface area (Å²) in [5, 5.41) is 2.68. The molecule has 0 radical (unpaired) electrons. The van der Waals surface area contributed by atoms with Crippen molar-refractivity contribution in [2.24, 2.45) is 11.7 Å². The summed E-state index contributed by atoms with van der Waals surface area (Å²) in [6.07, 6.45) is 0.510. The standard InChI is InChI=1S/C6H12NO.C3H8N.W/c1-5(4-7)3-6(2)8;1-3-4-2;/h5H,2-4,7H2,1H3;4H,2-3H2,1H3;/q2*-1;+2. The molecule has 0 bridgehead atoms. The first kappa shape index (κ1) is 18.8. The smallest absolute Gasteiger partial charge is 0.473 e. The van der Waals surface area contributed by atoms with E-state index in [2.05, 4.69) is 19.3 Å². The summed E-state index contributed by atoms with van der Waals surface area (Å²) in [5.41, 5.74) is 5.24. The monoisotopic (exact) mass is 356 g/mol. The number of carbonyl (C=O) groups is 1. The second kappa shape index (κ2) is 14.7. The van der Waals surface area contributed by atoms with Crippen LogP contribution in [-0.2, 0) is 25.9 Å². The zero-order chi connectivity index (χ0) is 9.98. The van der Waals surface area contributed by atoms with Gasteiger partial charge in [-0.25, -0.2) is 0 Å². The van der Waals surface area contributed by atoms with E-state index in [4.69, 9.17) is 5.73 Å². The van der Waals surface area contributed by atoms with E-state index in [1.165, 1.54) is 0 Å². The minimum absolute atomic E-state index is 0. The van der Waals surface area contributed by atoms with Gasteiger partial charge in [-0.2, -0.15) is 0 Å². The Kier molecular flexibility index (Phi) is 21.2. The molecule has 0 aromatic rings. The van der Waals surface area contributed by atoms with Crippen LogP contribution in [0.5, 0.6) is 0 Å². The van der Waals surface area contributed by atoms with Crippen molar-refractivity contribution in [1.82, 2.24) is 5.32 Å². The number of nitrogens with one attached hydrogen (secondary N) is 1. The summed E-state index contributed by atoms with van der Waals surface area (Å²) in [6, 6.07) is 0. The molecule has 0 aliphatic rings. The second-order valence-electron chi connectivity index (χ2n) is 2.69. The van der Waals surface area contributed by atoms with Crippen LogP contribution in [0.2, 0.25) is 0 Å². The molecule has 0 spiro atoms. The van der Waals surface area contributed by atoms with Crippen molar-refractivity contribution in [2.75, 3.05) is 13.1 Å². The predicted molar refractivity (Wildman–Crippen MR) is 52.2 cm³/mol. The fourth-order valence-electron chi connectivity index (χ4n) is 0.472. The van der Waals surface area contributed by atoms with Crippen molar-refractivity contribution < 1.29 is 25.9 Å². The molecule has 1 unspecified atom stereocenters. The molecule has 0 aromatic heterocycles. The van der Waals surface area contributed by atoms with E-state index < -0.39 is 0 Å². The number of rotatable bonds is 4. The zero-order valence-electron chi connectivity index (χ0n) is 8.51. The Labute approximate surface area is 96.1 Å². The number of ketones is 1. The Hall–Kier alpha value is 0.148. The molecule has 0 rings (SSSR count). The van der Waals surface area contributed by atoms with Gasteiger partial charge in [0.15, 0.2) is 0 Å². The molecule has 0 aliphatic heterocycles. The number of hydrogen-bond acceptors (Lipinski definition) is 3. The van der Waals surface area contributed by atoms with Gasteiger partial charge in [0.2, 0.25) is 0 Å². The van der Waals surface area contributed by atoms with Gasteiger partial charge in [0.05, 0.1) is 0 Å². The minimum Gasteiger partial charge on any atom is -0.473 e. The van der Waals surface area contributed by atoms with E-state index >= 15 is 0 Å². The number of hydrogen-bond donors (Lipinski definition) is 2. The van der Waals surface area contributed by atoms with E-state index in [0.717, 1.165) is 6.54 Å². The Morgan fingerprint density at radius 2 is 2.00 bits per heavy atom. The Morgan fingerprint density at radius 1 is 1.62 bits per heavy atom. The predicted octanol–water partition coefficient (Wildman–Crippen LogP) is 0.759. The first-order valence-electron chi connectivity index (χ1n) is 4.13. The molecule has 78 valence electrons. The minimum atomic E-state index is -0.0250. The number of nitrogens with two attached hydrogens (primary N) is 1. The fraction of sp³-hybridized carbons (Fsp3) is 0.667. The molecule has 4 heteroatoms. The Balaban J connectivity index is -0.000000173. The molecule has 0 aliphatic carbocycles. The van der Waals surface area contributed by atoms with Gasteiger partial charge in [-0.05, 0) is 31.2 Å². The van der Waals surface area contributed by atoms with Crippen LogP contribution < -0.4 is 11.1 Å². The quantitative estimate of drug-likeness (QED) is 0.732. The molecular formula is C9H20N2OW. The zero-order valence-corrected chi connectivity index (χ0v) is 11.4. The van der Waals surface area contributed by atoms with E-state index in [0.29, 0.717) is 18.9 Å². The maximum Gasteiger partial charge on any atom is 2.00 e. The summed E-state index contributed by atoms with van der Waals surface area (Å²) in [5.74, 6) is 0.267. The Bertz CT molecular complexity index is 108. The van der Waals surface area contributed by atoms with E-state index in [9.17, 15) is 4.79 Å². The third-order valence-electron chi connectivity index (χ3n) is 1.23. The number of Topliss-reactive ketones (excluding diaryl/α,β-unsaturated/α-hetero) is 1. The summed E-state index contributed by atoms with van der Waals surface area (Å²) in [7, 11) is 3.35. The number of carbonyl (C=O) groups excluding carboxylic acids is 1. The maximum absolute atomic E-state index is 10.2. The van der Waals surface area contributed by atoms with Gasteiger partial charge < -0.3 is 22.8 Å². The van der Waals surface area contributed by atoms with Crippen LogP contribution in [0.3, 0.4) is 0 Å². The summed E-state index contributed by atoms with van der Waals surface area (Å²) >= 11 is 0. The van der Waals surface area contributed by atoms with Gasteiger partial charge in [-0.3, -0.25) is 7.05 Å². The van der Waals surface area contributed by atoms with E-state index in [1.54, 1.807) is 0 Å². The average molecular weight is 356 g/mol. The first-order chi connectivity index (χ1) is 5.58. The molecule has 13 heavy (non-hydrogen) atoms. The summed E-state index contributed by atoms with van der Waals surface area (Å²) in [4.78, 5) is 10.2. The molecule has 0 saturated carbocycles. The first-order valence-corrected chi connectivity index (χ1v) is 4.13. The van der Waals surface area contributed by atoms with Gasteiger partial charge >= 0.3 is 21.1 Å². The van der Waals surface area contributed by atoms with Crippen molar-refractivity contribution in [1.29, 1.82) is 0 Å². The van der Waals surface area contributed by atoms with Crippen LogP contribution in [0.15, 0.2) is 0 Å². The van der Waals surface area contributed by atoms with Gasteiger partial charge in [0, 0.05) is 0 Å². The molecule has 3 nitrogen and oxygen atoms in total. The summed E-state index contributed by atoms with van der Waals surface area (Å²) in [6.45, 7) is 8.70. The van der Waals surface area contributed by atoms with Crippen LogP contribution in [0.4, 0.5) is 0 Å². The molecule has 0 aromatic carbocycles. The normalized spacial score (nSPS) is 10.5. The SMILES string of the molecule is [CH2-]C(=O)CC(C)CN.[CH2-]NCC.[W+2].